The highest BCUT2D eigenvalue weighted by molar-refractivity contribution is 7.92. The maximum absolute atomic E-state index is 13.1. The minimum Gasteiger partial charge on any atom is -0.322 e. The number of amides is 1. The van der Waals surface area contributed by atoms with E-state index in [4.69, 9.17) is 0 Å². The van der Waals surface area contributed by atoms with Gasteiger partial charge in [0.25, 0.3) is 5.91 Å². The standard InChI is InChI=1S/C19H19F3N2O3S/c1-11-7-14(13-5-4-6-16(9-13)23-28(3,26)27)8-15-10-24(18(25)17(11)15)12(2)19(20,21)22/h4-9,12,23H,10H2,1-3H3/t12-/m0/s1. The topological polar surface area (TPSA) is 66.5 Å². The summed E-state index contributed by atoms with van der Waals surface area (Å²) in [4.78, 5) is 13.3. The molecular formula is C19H19F3N2O3S. The van der Waals surface area contributed by atoms with Crippen LogP contribution >= 0.6 is 0 Å². The molecule has 1 N–H and O–H groups in total. The fourth-order valence-corrected chi connectivity index (χ4v) is 3.88. The zero-order chi connectivity index (χ0) is 20.9. The zero-order valence-electron chi connectivity index (χ0n) is 15.5. The molecule has 2 aromatic carbocycles. The van der Waals surface area contributed by atoms with E-state index >= 15 is 0 Å². The number of hydrogen-bond donors (Lipinski definition) is 1. The van der Waals surface area contributed by atoms with Gasteiger partial charge in [0, 0.05) is 17.8 Å². The van der Waals surface area contributed by atoms with Crippen molar-refractivity contribution in [2.24, 2.45) is 0 Å². The first kappa shape index (κ1) is 20.2. The minimum absolute atomic E-state index is 0.120. The number of anilines is 1. The molecule has 0 aromatic heterocycles. The molecule has 1 aliphatic heterocycles. The van der Waals surface area contributed by atoms with Gasteiger partial charge in [-0.2, -0.15) is 13.2 Å². The highest BCUT2D eigenvalue weighted by atomic mass is 32.2. The van der Waals surface area contributed by atoms with E-state index in [0.29, 0.717) is 33.5 Å². The molecule has 3 rings (SSSR count). The van der Waals surface area contributed by atoms with E-state index < -0.39 is 28.1 Å². The van der Waals surface area contributed by atoms with Crippen LogP contribution in [-0.2, 0) is 16.6 Å². The average molecular weight is 412 g/mol. The lowest BCUT2D eigenvalue weighted by Gasteiger charge is -2.26. The number of rotatable bonds is 4. The van der Waals surface area contributed by atoms with Gasteiger partial charge in [0.2, 0.25) is 10.0 Å². The Morgan fingerprint density at radius 2 is 1.82 bits per heavy atom. The quantitative estimate of drug-likeness (QED) is 0.827. The molecule has 1 heterocycles. The van der Waals surface area contributed by atoms with Crippen molar-refractivity contribution in [3.05, 3.63) is 53.1 Å². The third-order valence-corrected chi connectivity index (χ3v) is 5.28. The van der Waals surface area contributed by atoms with Crippen LogP contribution in [0.2, 0.25) is 0 Å². The van der Waals surface area contributed by atoms with E-state index in [1.54, 1.807) is 43.3 Å². The van der Waals surface area contributed by atoms with Gasteiger partial charge in [0.05, 0.1) is 6.26 Å². The molecule has 1 aliphatic rings. The minimum atomic E-state index is -4.50. The second-order valence-electron chi connectivity index (χ2n) is 6.93. The van der Waals surface area contributed by atoms with Gasteiger partial charge in [-0.15, -0.1) is 0 Å². The second kappa shape index (κ2) is 6.80. The van der Waals surface area contributed by atoms with E-state index in [0.717, 1.165) is 18.1 Å². The molecule has 0 unspecified atom stereocenters. The van der Waals surface area contributed by atoms with Crippen molar-refractivity contribution in [3.8, 4) is 11.1 Å². The summed E-state index contributed by atoms with van der Waals surface area (Å²) in [5.41, 5.74) is 3.16. The largest absolute Gasteiger partial charge is 0.408 e. The lowest BCUT2D eigenvalue weighted by Crippen LogP contribution is -2.43. The lowest BCUT2D eigenvalue weighted by atomic mass is 9.96. The third-order valence-electron chi connectivity index (χ3n) is 4.67. The Bertz CT molecular complexity index is 1050. The number of benzene rings is 2. The van der Waals surface area contributed by atoms with Gasteiger partial charge in [-0.1, -0.05) is 18.2 Å². The van der Waals surface area contributed by atoms with Crippen molar-refractivity contribution in [1.82, 2.24) is 4.90 Å². The maximum atomic E-state index is 13.1. The fraction of sp³-hybridized carbons (Fsp3) is 0.316. The summed E-state index contributed by atoms with van der Waals surface area (Å²) < 4.78 is 64.5. The van der Waals surface area contributed by atoms with Gasteiger partial charge in [0.15, 0.2) is 0 Å². The van der Waals surface area contributed by atoms with Crippen LogP contribution in [0.25, 0.3) is 11.1 Å². The van der Waals surface area contributed by atoms with Gasteiger partial charge in [-0.3, -0.25) is 9.52 Å². The van der Waals surface area contributed by atoms with Crippen molar-refractivity contribution in [3.63, 3.8) is 0 Å². The molecular weight excluding hydrogens is 393 g/mol. The number of aryl methyl sites for hydroxylation is 1. The van der Waals surface area contributed by atoms with Crippen molar-refractivity contribution >= 4 is 21.6 Å². The Labute approximate surface area is 161 Å². The molecule has 5 nitrogen and oxygen atoms in total. The monoisotopic (exact) mass is 412 g/mol. The van der Waals surface area contributed by atoms with E-state index in [9.17, 15) is 26.4 Å². The highest BCUT2D eigenvalue weighted by Gasteiger charge is 2.45. The van der Waals surface area contributed by atoms with Gasteiger partial charge in [-0.05, 0) is 54.3 Å². The first-order valence-corrected chi connectivity index (χ1v) is 10.4. The first-order chi connectivity index (χ1) is 12.9. The summed E-state index contributed by atoms with van der Waals surface area (Å²) in [6.45, 7) is 2.53. The molecule has 9 heteroatoms. The number of fused-ring (bicyclic) bond motifs is 1. The van der Waals surface area contributed by atoms with Crippen LogP contribution in [0.15, 0.2) is 36.4 Å². The predicted molar refractivity (Wildman–Crippen MR) is 100 cm³/mol. The second-order valence-corrected chi connectivity index (χ2v) is 8.68. The molecule has 150 valence electrons. The van der Waals surface area contributed by atoms with Gasteiger partial charge >= 0.3 is 6.18 Å². The van der Waals surface area contributed by atoms with E-state index in [-0.39, 0.29) is 6.54 Å². The molecule has 0 aliphatic carbocycles. The maximum Gasteiger partial charge on any atom is 0.408 e. The molecule has 28 heavy (non-hydrogen) atoms. The van der Waals surface area contributed by atoms with Crippen LogP contribution in [0.5, 0.6) is 0 Å². The van der Waals surface area contributed by atoms with E-state index in [1.165, 1.54) is 0 Å². The van der Waals surface area contributed by atoms with Crippen LogP contribution in [-0.4, -0.2) is 37.7 Å². The number of halogens is 3. The molecule has 1 atom stereocenters. The number of nitrogens with one attached hydrogen (secondary N) is 1. The molecule has 0 radical (unpaired) electrons. The molecule has 1 amide bonds. The highest BCUT2D eigenvalue weighted by Crippen LogP contribution is 2.36. The van der Waals surface area contributed by atoms with Crippen molar-refractivity contribution in [2.45, 2.75) is 32.6 Å². The molecule has 0 saturated carbocycles. The number of sulfonamides is 1. The number of nitrogens with zero attached hydrogens (tertiary/aromatic N) is 1. The average Bonchev–Trinajstić information content (AvgIpc) is 2.89. The Morgan fingerprint density at radius 3 is 2.43 bits per heavy atom. The summed E-state index contributed by atoms with van der Waals surface area (Å²) in [7, 11) is -3.44. The molecule has 0 spiro atoms. The Morgan fingerprint density at radius 1 is 1.14 bits per heavy atom. The normalized spacial score (nSPS) is 15.5. The summed E-state index contributed by atoms with van der Waals surface area (Å²) in [6.07, 6.45) is -3.46. The SMILES string of the molecule is Cc1cc(-c2cccc(NS(C)(=O)=O)c2)cc2c1C(=O)N([C@@H](C)C(F)(F)F)C2. The van der Waals surface area contributed by atoms with E-state index in [1.807, 2.05) is 0 Å². The number of hydrogen-bond acceptors (Lipinski definition) is 3. The van der Waals surface area contributed by atoms with Gasteiger partial charge < -0.3 is 4.90 Å². The van der Waals surface area contributed by atoms with Crippen LogP contribution in [0, 0.1) is 6.92 Å². The lowest BCUT2D eigenvalue weighted by molar-refractivity contribution is -0.172. The van der Waals surface area contributed by atoms with Crippen molar-refractivity contribution in [2.75, 3.05) is 11.0 Å². The van der Waals surface area contributed by atoms with Crippen LogP contribution < -0.4 is 4.72 Å². The molecule has 0 fully saturated rings. The van der Waals surface area contributed by atoms with Crippen LogP contribution in [0.1, 0.15) is 28.4 Å². The van der Waals surface area contributed by atoms with Crippen LogP contribution in [0.3, 0.4) is 0 Å². The molecule has 0 bridgehead atoms. The number of carbonyl (C=O) groups excluding carboxylic acids is 1. The Balaban J connectivity index is 1.99. The summed E-state index contributed by atoms with van der Waals surface area (Å²) in [6, 6.07) is 8.20. The smallest absolute Gasteiger partial charge is 0.322 e. The van der Waals surface area contributed by atoms with Gasteiger partial charge in [-0.25, -0.2) is 8.42 Å². The third kappa shape index (κ3) is 3.99. The van der Waals surface area contributed by atoms with Crippen molar-refractivity contribution < 1.29 is 26.4 Å². The first-order valence-electron chi connectivity index (χ1n) is 8.46. The summed E-state index contributed by atoms with van der Waals surface area (Å²) in [5, 5.41) is 0. The number of carbonyl (C=O) groups is 1. The molecule has 0 saturated heterocycles. The Kier molecular flexibility index (Phi) is 4.91. The predicted octanol–water partition coefficient (Wildman–Crippen LogP) is 3.94. The molecule has 2 aromatic rings. The van der Waals surface area contributed by atoms with Crippen molar-refractivity contribution in [1.29, 1.82) is 0 Å². The zero-order valence-corrected chi connectivity index (χ0v) is 16.3. The fourth-order valence-electron chi connectivity index (χ4n) is 3.32. The summed E-state index contributed by atoms with van der Waals surface area (Å²) >= 11 is 0. The summed E-state index contributed by atoms with van der Waals surface area (Å²) in [5.74, 6) is -0.628. The Hall–Kier alpha value is -2.55. The van der Waals surface area contributed by atoms with Crippen LogP contribution in [0.4, 0.5) is 18.9 Å². The number of alkyl halides is 3. The van der Waals surface area contributed by atoms with Gasteiger partial charge in [0.1, 0.15) is 6.04 Å². The van der Waals surface area contributed by atoms with E-state index in [2.05, 4.69) is 4.72 Å².